The van der Waals surface area contributed by atoms with Crippen LogP contribution in [0.3, 0.4) is 0 Å². The molecule has 0 unspecified atom stereocenters. The van der Waals surface area contributed by atoms with Gasteiger partial charge >= 0.3 is 0 Å². The number of benzene rings is 1. The number of hydrogen-bond donors (Lipinski definition) is 0. The molecule has 2 aromatic rings. The predicted octanol–water partition coefficient (Wildman–Crippen LogP) is 3.92. The van der Waals surface area contributed by atoms with Crippen LogP contribution in [0.1, 0.15) is 41.1 Å². The average molecular weight is 422 g/mol. The van der Waals surface area contributed by atoms with Crippen LogP contribution in [-0.2, 0) is 16.4 Å². The molecular weight excluding hydrogens is 394 g/mol. The van der Waals surface area contributed by atoms with Crippen molar-refractivity contribution in [2.75, 3.05) is 18.1 Å². The lowest BCUT2D eigenvalue weighted by Crippen LogP contribution is -2.40. The molecule has 28 heavy (non-hydrogen) atoms. The molecule has 1 amide bonds. The third-order valence-electron chi connectivity index (χ3n) is 4.88. The van der Waals surface area contributed by atoms with Gasteiger partial charge in [0, 0.05) is 16.5 Å². The number of rotatable bonds is 7. The Morgan fingerprint density at radius 2 is 1.96 bits per heavy atom. The molecule has 2 heterocycles. The van der Waals surface area contributed by atoms with E-state index in [-0.39, 0.29) is 23.5 Å². The predicted molar refractivity (Wildman–Crippen MR) is 113 cm³/mol. The van der Waals surface area contributed by atoms with Crippen molar-refractivity contribution in [2.24, 2.45) is 5.92 Å². The van der Waals surface area contributed by atoms with Crippen LogP contribution in [0.4, 0.5) is 0 Å². The molecule has 1 aliphatic heterocycles. The maximum absolute atomic E-state index is 13.3. The Morgan fingerprint density at radius 1 is 1.25 bits per heavy atom. The second-order valence-corrected chi connectivity index (χ2v) is 11.0. The van der Waals surface area contributed by atoms with Crippen LogP contribution in [0.2, 0.25) is 0 Å². The highest BCUT2D eigenvalue weighted by Gasteiger charge is 2.35. The fraction of sp³-hybridized carbons (Fsp3) is 0.476. The molecule has 0 bridgehead atoms. The lowest BCUT2D eigenvalue weighted by molar-refractivity contribution is 0.0683. The number of aryl methyl sites for hydroxylation is 1. The summed E-state index contributed by atoms with van der Waals surface area (Å²) in [7, 11) is -3.08. The Labute approximate surface area is 171 Å². The lowest BCUT2D eigenvalue weighted by atomic mass is 10.1. The lowest BCUT2D eigenvalue weighted by Gasteiger charge is -2.28. The molecule has 5 nitrogen and oxygen atoms in total. The van der Waals surface area contributed by atoms with Crippen molar-refractivity contribution in [2.45, 2.75) is 39.8 Å². The first-order valence-electron chi connectivity index (χ1n) is 9.52. The van der Waals surface area contributed by atoms with E-state index in [4.69, 9.17) is 4.74 Å². The molecule has 3 rings (SSSR count). The topological polar surface area (TPSA) is 63.7 Å². The van der Waals surface area contributed by atoms with Gasteiger partial charge in [-0.05, 0) is 60.5 Å². The van der Waals surface area contributed by atoms with E-state index in [1.807, 2.05) is 18.4 Å². The fourth-order valence-electron chi connectivity index (χ4n) is 3.23. The Balaban J connectivity index is 1.80. The van der Waals surface area contributed by atoms with Gasteiger partial charge in [0.2, 0.25) is 0 Å². The zero-order valence-electron chi connectivity index (χ0n) is 16.6. The summed E-state index contributed by atoms with van der Waals surface area (Å²) >= 11 is 1.60. The Kier molecular flexibility index (Phi) is 6.45. The van der Waals surface area contributed by atoms with Gasteiger partial charge in [0.1, 0.15) is 5.75 Å². The summed E-state index contributed by atoms with van der Waals surface area (Å²) in [6.07, 6.45) is 0.494. The molecule has 1 aliphatic rings. The number of sulfone groups is 1. The van der Waals surface area contributed by atoms with Crippen LogP contribution >= 0.6 is 11.3 Å². The molecule has 0 radical (unpaired) electrons. The summed E-state index contributed by atoms with van der Waals surface area (Å²) in [5.41, 5.74) is 1.68. The van der Waals surface area contributed by atoms with Crippen LogP contribution in [0, 0.1) is 12.8 Å². The van der Waals surface area contributed by atoms with E-state index in [2.05, 4.69) is 13.8 Å². The molecular formula is C21H27NO4S2. The van der Waals surface area contributed by atoms with Gasteiger partial charge in [-0.15, -0.1) is 11.3 Å². The average Bonchev–Trinajstić information content (AvgIpc) is 3.22. The first kappa shape index (κ1) is 20.9. The number of carbonyl (C=O) groups excluding carboxylic acids is 1. The van der Waals surface area contributed by atoms with Crippen molar-refractivity contribution >= 4 is 27.1 Å². The maximum atomic E-state index is 13.3. The van der Waals surface area contributed by atoms with E-state index in [9.17, 15) is 13.2 Å². The van der Waals surface area contributed by atoms with Crippen LogP contribution in [0.5, 0.6) is 5.75 Å². The van der Waals surface area contributed by atoms with E-state index >= 15 is 0 Å². The Hall–Kier alpha value is -1.86. The Bertz CT molecular complexity index is 916. The van der Waals surface area contributed by atoms with Gasteiger partial charge in [0.25, 0.3) is 5.91 Å². The van der Waals surface area contributed by atoms with Gasteiger partial charge in [-0.1, -0.05) is 13.8 Å². The normalized spacial score (nSPS) is 18.4. The van der Waals surface area contributed by atoms with Crippen molar-refractivity contribution in [3.63, 3.8) is 0 Å². The van der Waals surface area contributed by atoms with Crippen molar-refractivity contribution in [3.8, 4) is 5.75 Å². The minimum atomic E-state index is -3.08. The molecule has 0 aliphatic carbocycles. The van der Waals surface area contributed by atoms with Crippen molar-refractivity contribution < 1.29 is 17.9 Å². The number of thiophene rings is 1. The number of ether oxygens (including phenoxy) is 1. The number of hydrogen-bond acceptors (Lipinski definition) is 5. The third-order valence-corrected chi connectivity index (χ3v) is 7.63. The molecule has 0 spiro atoms. The monoisotopic (exact) mass is 421 g/mol. The largest absolute Gasteiger partial charge is 0.493 e. The first-order chi connectivity index (χ1) is 13.2. The maximum Gasteiger partial charge on any atom is 0.254 e. The molecule has 0 saturated carbocycles. The minimum Gasteiger partial charge on any atom is -0.493 e. The molecule has 1 fully saturated rings. The molecule has 1 aromatic heterocycles. The fourth-order valence-corrected chi connectivity index (χ4v) is 5.87. The second-order valence-electron chi connectivity index (χ2n) is 7.75. The van der Waals surface area contributed by atoms with Gasteiger partial charge in [0.05, 0.1) is 24.7 Å². The van der Waals surface area contributed by atoms with Crippen molar-refractivity contribution in [1.82, 2.24) is 4.90 Å². The number of nitrogens with zero attached hydrogens (tertiary/aromatic N) is 1. The van der Waals surface area contributed by atoms with Crippen molar-refractivity contribution in [1.29, 1.82) is 0 Å². The Morgan fingerprint density at radius 3 is 2.50 bits per heavy atom. The molecule has 0 N–H and O–H groups in total. The van der Waals surface area contributed by atoms with Gasteiger partial charge in [-0.2, -0.15) is 0 Å². The number of amides is 1. The van der Waals surface area contributed by atoms with Gasteiger partial charge in [-0.3, -0.25) is 4.79 Å². The first-order valence-corrected chi connectivity index (χ1v) is 12.2. The standard InChI is InChI=1S/C21H27NO4S2/c1-15(2)13-26-19-6-4-17(5-7-19)21(23)22(12-20-16(3)8-10-27-20)18-9-11-28(24,25)14-18/h4-8,10,15,18H,9,11-14H2,1-3H3/t18-/m0/s1. The number of carbonyl (C=O) groups is 1. The quantitative estimate of drug-likeness (QED) is 0.680. The van der Waals surface area contributed by atoms with E-state index in [0.717, 1.165) is 16.2 Å². The van der Waals surface area contributed by atoms with Gasteiger partial charge < -0.3 is 9.64 Å². The smallest absolute Gasteiger partial charge is 0.254 e. The summed E-state index contributed by atoms with van der Waals surface area (Å²) < 4.78 is 29.7. The zero-order chi connectivity index (χ0) is 20.3. The summed E-state index contributed by atoms with van der Waals surface area (Å²) in [4.78, 5) is 16.1. The summed E-state index contributed by atoms with van der Waals surface area (Å²) in [5.74, 6) is 1.21. The summed E-state index contributed by atoms with van der Waals surface area (Å²) in [5, 5.41) is 2.00. The molecule has 7 heteroatoms. The summed E-state index contributed by atoms with van der Waals surface area (Å²) in [6, 6.07) is 8.86. The van der Waals surface area contributed by atoms with Crippen LogP contribution < -0.4 is 4.74 Å². The van der Waals surface area contributed by atoms with Gasteiger partial charge in [-0.25, -0.2) is 8.42 Å². The van der Waals surface area contributed by atoms with E-state index in [1.165, 1.54) is 0 Å². The highest BCUT2D eigenvalue weighted by molar-refractivity contribution is 7.91. The molecule has 1 atom stereocenters. The highest BCUT2D eigenvalue weighted by atomic mass is 32.2. The van der Waals surface area contributed by atoms with Gasteiger partial charge in [0.15, 0.2) is 9.84 Å². The van der Waals surface area contributed by atoms with Crippen LogP contribution in [-0.4, -0.2) is 43.4 Å². The van der Waals surface area contributed by atoms with E-state index in [0.29, 0.717) is 31.1 Å². The molecule has 1 saturated heterocycles. The third kappa shape index (κ3) is 5.14. The van der Waals surface area contributed by atoms with E-state index in [1.54, 1.807) is 40.5 Å². The minimum absolute atomic E-state index is 0.0404. The SMILES string of the molecule is Cc1ccsc1CN(C(=O)c1ccc(OCC(C)C)cc1)[C@H]1CCS(=O)(=O)C1. The highest BCUT2D eigenvalue weighted by Crippen LogP contribution is 2.26. The molecule has 152 valence electrons. The van der Waals surface area contributed by atoms with Crippen LogP contribution in [0.15, 0.2) is 35.7 Å². The second kappa shape index (κ2) is 8.66. The van der Waals surface area contributed by atoms with E-state index < -0.39 is 9.84 Å². The van der Waals surface area contributed by atoms with Crippen molar-refractivity contribution in [3.05, 3.63) is 51.7 Å². The summed E-state index contributed by atoms with van der Waals surface area (Å²) in [6.45, 7) is 7.24. The molecule has 1 aromatic carbocycles. The zero-order valence-corrected chi connectivity index (χ0v) is 18.2. The van der Waals surface area contributed by atoms with Crippen LogP contribution in [0.25, 0.3) is 0 Å².